The summed E-state index contributed by atoms with van der Waals surface area (Å²) >= 11 is 0. The van der Waals surface area contributed by atoms with Crippen LogP contribution in [0.5, 0.6) is 0 Å². The molecule has 0 bridgehead atoms. The number of hydrogen-bond donors (Lipinski definition) is 1. The van der Waals surface area contributed by atoms with E-state index in [1.165, 1.54) is 18.2 Å². The Morgan fingerprint density at radius 1 is 1.53 bits per heavy atom. The smallest absolute Gasteiger partial charge is 0.335 e. The quantitative estimate of drug-likeness (QED) is 0.632. The predicted octanol–water partition coefficient (Wildman–Crippen LogP) is 2.92. The van der Waals surface area contributed by atoms with Crippen LogP contribution in [0.25, 0.3) is 0 Å². The molecule has 0 amide bonds. The minimum Gasteiger partial charge on any atom is -0.478 e. The van der Waals surface area contributed by atoms with Gasteiger partial charge in [0, 0.05) is 19.2 Å². The summed E-state index contributed by atoms with van der Waals surface area (Å²) in [5.41, 5.74) is 0.317. The highest BCUT2D eigenvalue weighted by Gasteiger charge is 2.22. The summed E-state index contributed by atoms with van der Waals surface area (Å²) in [5.74, 6) is -1.09. The summed E-state index contributed by atoms with van der Waals surface area (Å²) in [7, 11) is 1.74. The highest BCUT2D eigenvalue weighted by Crippen LogP contribution is 2.30. The number of anilines is 1. The van der Waals surface area contributed by atoms with E-state index in [1.54, 1.807) is 11.9 Å². The molecule has 1 unspecified atom stereocenters. The zero-order valence-electron chi connectivity index (χ0n) is 11.3. The maximum absolute atomic E-state index is 11.0. The molecule has 1 N–H and O–H groups in total. The number of hydrogen-bond acceptors (Lipinski definition) is 4. The number of carbonyl (C=O) groups is 1. The van der Waals surface area contributed by atoms with Crippen LogP contribution in [0, 0.1) is 10.1 Å². The molecule has 6 heteroatoms. The fourth-order valence-electron chi connectivity index (χ4n) is 1.94. The summed E-state index contributed by atoms with van der Waals surface area (Å²) in [5, 5.41) is 20.0. The molecule has 1 atom stereocenters. The third kappa shape index (κ3) is 3.43. The van der Waals surface area contributed by atoms with Crippen molar-refractivity contribution >= 4 is 17.3 Å². The number of nitro benzene ring substituents is 1. The molecule has 0 radical (unpaired) electrons. The maximum atomic E-state index is 11.0. The maximum Gasteiger partial charge on any atom is 0.335 e. The van der Waals surface area contributed by atoms with Crippen molar-refractivity contribution in [2.24, 2.45) is 0 Å². The van der Waals surface area contributed by atoms with E-state index in [0.29, 0.717) is 5.69 Å². The third-order valence-corrected chi connectivity index (χ3v) is 3.17. The predicted molar refractivity (Wildman–Crippen MR) is 72.8 cm³/mol. The Hall–Kier alpha value is -2.11. The van der Waals surface area contributed by atoms with Gasteiger partial charge >= 0.3 is 5.97 Å². The fourth-order valence-corrected chi connectivity index (χ4v) is 1.94. The number of nitrogens with zero attached hydrogens (tertiary/aromatic N) is 2. The van der Waals surface area contributed by atoms with E-state index >= 15 is 0 Å². The Balaban J connectivity index is 3.24. The second-order valence-electron chi connectivity index (χ2n) is 4.51. The van der Waals surface area contributed by atoms with Gasteiger partial charge in [-0.25, -0.2) is 4.79 Å². The van der Waals surface area contributed by atoms with Crippen LogP contribution in [-0.4, -0.2) is 29.1 Å². The van der Waals surface area contributed by atoms with Crippen LogP contribution in [0.15, 0.2) is 18.2 Å². The van der Waals surface area contributed by atoms with Crippen molar-refractivity contribution in [2.75, 3.05) is 11.9 Å². The first-order valence-electron chi connectivity index (χ1n) is 6.13. The van der Waals surface area contributed by atoms with Crippen molar-refractivity contribution in [1.29, 1.82) is 0 Å². The Labute approximate surface area is 111 Å². The molecule has 0 fully saturated rings. The Morgan fingerprint density at radius 3 is 2.63 bits per heavy atom. The van der Waals surface area contributed by atoms with Crippen molar-refractivity contribution in [1.82, 2.24) is 0 Å². The number of carboxylic acid groups (broad SMARTS) is 1. The van der Waals surface area contributed by atoms with Crippen LogP contribution >= 0.6 is 0 Å². The van der Waals surface area contributed by atoms with E-state index < -0.39 is 10.9 Å². The van der Waals surface area contributed by atoms with Gasteiger partial charge in [0.25, 0.3) is 5.69 Å². The monoisotopic (exact) mass is 266 g/mol. The van der Waals surface area contributed by atoms with Gasteiger partial charge in [-0.15, -0.1) is 0 Å². The topological polar surface area (TPSA) is 83.7 Å². The largest absolute Gasteiger partial charge is 0.478 e. The van der Waals surface area contributed by atoms with Gasteiger partial charge in [-0.3, -0.25) is 10.1 Å². The lowest BCUT2D eigenvalue weighted by molar-refractivity contribution is -0.384. The second kappa shape index (κ2) is 6.17. The van der Waals surface area contributed by atoms with Crippen molar-refractivity contribution in [3.8, 4) is 0 Å². The highest BCUT2D eigenvalue weighted by molar-refractivity contribution is 5.90. The third-order valence-electron chi connectivity index (χ3n) is 3.17. The lowest BCUT2D eigenvalue weighted by Gasteiger charge is -2.26. The van der Waals surface area contributed by atoms with Crippen LogP contribution in [0.4, 0.5) is 11.4 Å². The van der Waals surface area contributed by atoms with E-state index in [9.17, 15) is 14.9 Å². The van der Waals surface area contributed by atoms with E-state index in [2.05, 4.69) is 0 Å². The van der Waals surface area contributed by atoms with Crippen LogP contribution in [0.2, 0.25) is 0 Å². The van der Waals surface area contributed by atoms with E-state index in [4.69, 9.17) is 5.11 Å². The van der Waals surface area contributed by atoms with Gasteiger partial charge in [-0.1, -0.05) is 13.3 Å². The molecule has 0 heterocycles. The zero-order chi connectivity index (χ0) is 14.6. The van der Waals surface area contributed by atoms with Gasteiger partial charge in [0.2, 0.25) is 0 Å². The number of carboxylic acids is 1. The summed E-state index contributed by atoms with van der Waals surface area (Å²) in [6, 6.07) is 3.95. The van der Waals surface area contributed by atoms with Crippen LogP contribution in [-0.2, 0) is 0 Å². The molecule has 0 aliphatic rings. The SMILES string of the molecule is CCCC(C)N(C)c1cc(C(=O)O)ccc1[N+](=O)[O-]. The average Bonchev–Trinajstić information content (AvgIpc) is 2.37. The van der Waals surface area contributed by atoms with Crippen LogP contribution < -0.4 is 4.90 Å². The molecule has 0 spiro atoms. The first kappa shape index (κ1) is 14.9. The van der Waals surface area contributed by atoms with E-state index in [-0.39, 0.29) is 17.3 Å². The first-order valence-corrected chi connectivity index (χ1v) is 6.13. The lowest BCUT2D eigenvalue weighted by Crippen LogP contribution is -2.29. The normalized spacial score (nSPS) is 11.9. The Morgan fingerprint density at radius 2 is 2.16 bits per heavy atom. The van der Waals surface area contributed by atoms with Crippen LogP contribution in [0.3, 0.4) is 0 Å². The highest BCUT2D eigenvalue weighted by atomic mass is 16.6. The molecule has 0 saturated heterocycles. The molecule has 0 aliphatic carbocycles. The first-order chi connectivity index (χ1) is 8.88. The van der Waals surface area contributed by atoms with Gasteiger partial charge in [0.15, 0.2) is 0 Å². The van der Waals surface area contributed by atoms with Crippen molar-refractivity contribution in [2.45, 2.75) is 32.7 Å². The Bertz CT molecular complexity index is 488. The lowest BCUT2D eigenvalue weighted by atomic mass is 10.1. The molecular weight excluding hydrogens is 248 g/mol. The summed E-state index contributed by atoms with van der Waals surface area (Å²) in [4.78, 5) is 23.3. The van der Waals surface area contributed by atoms with E-state index in [1.807, 2.05) is 13.8 Å². The summed E-state index contributed by atoms with van der Waals surface area (Å²) in [6.45, 7) is 3.99. The average molecular weight is 266 g/mol. The molecule has 19 heavy (non-hydrogen) atoms. The minimum absolute atomic E-state index is 0.0520. The molecule has 0 saturated carbocycles. The van der Waals surface area contributed by atoms with Crippen molar-refractivity contribution in [3.05, 3.63) is 33.9 Å². The minimum atomic E-state index is -1.09. The Kier molecular flexibility index (Phi) is 4.86. The second-order valence-corrected chi connectivity index (χ2v) is 4.51. The molecule has 0 aromatic heterocycles. The van der Waals surface area contributed by atoms with Crippen LogP contribution in [0.1, 0.15) is 37.0 Å². The molecule has 1 aromatic carbocycles. The molecule has 0 aliphatic heterocycles. The zero-order valence-corrected chi connectivity index (χ0v) is 11.3. The van der Waals surface area contributed by atoms with Gasteiger partial charge in [0.1, 0.15) is 5.69 Å². The fraction of sp³-hybridized carbons (Fsp3) is 0.462. The molecule has 104 valence electrons. The molecule has 6 nitrogen and oxygen atoms in total. The molecular formula is C13H18N2O4. The number of benzene rings is 1. The van der Waals surface area contributed by atoms with E-state index in [0.717, 1.165) is 12.8 Å². The molecule has 1 rings (SSSR count). The number of rotatable bonds is 6. The summed E-state index contributed by atoms with van der Waals surface area (Å²) in [6.07, 6.45) is 1.84. The van der Waals surface area contributed by atoms with Gasteiger partial charge in [-0.05, 0) is 25.5 Å². The van der Waals surface area contributed by atoms with Crippen molar-refractivity contribution in [3.63, 3.8) is 0 Å². The summed E-state index contributed by atoms with van der Waals surface area (Å²) < 4.78 is 0. The standard InChI is InChI=1S/C13H18N2O4/c1-4-5-9(2)14(3)12-8-10(13(16)17)6-7-11(12)15(18)19/h6-9H,4-5H2,1-3H3,(H,16,17). The number of aromatic carboxylic acids is 1. The van der Waals surface area contributed by atoms with Gasteiger partial charge < -0.3 is 10.0 Å². The van der Waals surface area contributed by atoms with Gasteiger partial charge in [0.05, 0.1) is 10.5 Å². The molecule has 1 aromatic rings. The van der Waals surface area contributed by atoms with Crippen molar-refractivity contribution < 1.29 is 14.8 Å². The number of nitro groups is 1. The van der Waals surface area contributed by atoms with Gasteiger partial charge in [-0.2, -0.15) is 0 Å².